The van der Waals surface area contributed by atoms with Gasteiger partial charge in [-0.15, -0.1) is 17.0 Å². The van der Waals surface area contributed by atoms with E-state index in [2.05, 4.69) is 6.92 Å². The first-order chi connectivity index (χ1) is 10.1. The molecule has 0 heterocycles. The molecule has 4 N–H and O–H groups in total. The minimum Gasteiger partial charge on any atom is -0.412 e. The van der Waals surface area contributed by atoms with Crippen LogP contribution in [-0.4, -0.2) is 38.1 Å². The highest BCUT2D eigenvalue weighted by molar-refractivity contribution is 8.93. The summed E-state index contributed by atoms with van der Waals surface area (Å²) in [4.78, 5) is 2.00. The Morgan fingerprint density at radius 3 is 1.00 bits per heavy atom. The fourth-order valence-electron chi connectivity index (χ4n) is 2.34. The van der Waals surface area contributed by atoms with Crippen molar-refractivity contribution in [3.05, 3.63) is 0 Å². The zero-order valence-electron chi connectivity index (χ0n) is 16.5. The molecule has 0 fully saturated rings. The highest BCUT2D eigenvalue weighted by Gasteiger charge is 1.93. The van der Waals surface area contributed by atoms with Gasteiger partial charge in [0.2, 0.25) is 0 Å². The third-order valence-corrected chi connectivity index (χ3v) is 3.56. The second kappa shape index (κ2) is 30.3. The van der Waals surface area contributed by atoms with Crippen molar-refractivity contribution in [2.24, 2.45) is 5.73 Å². The minimum atomic E-state index is 0. The van der Waals surface area contributed by atoms with Crippen LogP contribution in [-0.2, 0) is 0 Å². The van der Waals surface area contributed by atoms with Crippen molar-refractivity contribution in [3.8, 4) is 0 Å². The minimum absolute atomic E-state index is 0. The molecule has 0 spiro atoms. The molecule has 0 aromatic carbocycles. The van der Waals surface area contributed by atoms with Crippen LogP contribution in [0.25, 0.3) is 0 Å². The highest BCUT2D eigenvalue weighted by atomic mass is 79.9. The predicted octanol–water partition coefficient (Wildman–Crippen LogP) is 5.36. The highest BCUT2D eigenvalue weighted by Crippen LogP contribution is 2.12. The van der Waals surface area contributed by atoms with E-state index in [-0.39, 0.29) is 22.5 Å². The van der Waals surface area contributed by atoms with Gasteiger partial charge in [0.1, 0.15) is 0 Å². The van der Waals surface area contributed by atoms with Crippen LogP contribution in [0, 0.1) is 0 Å². The van der Waals surface area contributed by atoms with Crippen LogP contribution in [0.15, 0.2) is 0 Å². The van der Waals surface area contributed by atoms with Crippen LogP contribution in [0.3, 0.4) is 0 Å². The zero-order chi connectivity index (χ0) is 16.2. The van der Waals surface area contributed by atoms with Crippen molar-refractivity contribution in [2.75, 3.05) is 27.7 Å². The number of nitrogens with two attached hydrogens (primary N) is 1. The van der Waals surface area contributed by atoms with E-state index in [0.29, 0.717) is 0 Å². The van der Waals surface area contributed by atoms with Crippen molar-refractivity contribution in [2.45, 2.75) is 96.8 Å². The van der Waals surface area contributed by atoms with Gasteiger partial charge in [-0.05, 0) is 34.1 Å². The lowest BCUT2D eigenvalue weighted by molar-refractivity contribution is 0.505. The van der Waals surface area contributed by atoms with Crippen LogP contribution in [0.1, 0.15) is 96.8 Å². The van der Waals surface area contributed by atoms with Gasteiger partial charge in [0.05, 0.1) is 0 Å². The van der Waals surface area contributed by atoms with Gasteiger partial charge in [0, 0.05) is 0 Å². The molecule has 0 saturated heterocycles. The van der Waals surface area contributed by atoms with Gasteiger partial charge in [-0.2, -0.15) is 0 Å². The number of hydrogen-bond acceptors (Lipinski definition) is 2. The molecule has 0 aliphatic rings. The van der Waals surface area contributed by atoms with E-state index < -0.39 is 0 Å². The third-order valence-electron chi connectivity index (χ3n) is 3.56. The van der Waals surface area contributed by atoms with Gasteiger partial charge in [-0.1, -0.05) is 90.4 Å². The summed E-state index contributed by atoms with van der Waals surface area (Å²) in [6, 6.07) is 0. The first-order valence-electron chi connectivity index (χ1n) is 9.46. The number of hydrogen-bond donors (Lipinski definition) is 1. The van der Waals surface area contributed by atoms with Crippen LogP contribution in [0.5, 0.6) is 0 Å². The van der Waals surface area contributed by atoms with Crippen LogP contribution in [0.4, 0.5) is 0 Å². The monoisotopic (exact) mass is 398 g/mol. The summed E-state index contributed by atoms with van der Waals surface area (Å²) >= 11 is 0. The molecule has 23 heavy (non-hydrogen) atoms. The van der Waals surface area contributed by atoms with E-state index >= 15 is 0 Å². The SMILES string of the molecule is Br.CCCCCCCCCCCCCCCCN.CN(C)C.O. The molecule has 0 rings (SSSR count). The summed E-state index contributed by atoms with van der Waals surface area (Å²) in [6.07, 6.45) is 19.9. The van der Waals surface area contributed by atoms with E-state index in [1.165, 1.54) is 89.9 Å². The Hall–Kier alpha value is 0.360. The van der Waals surface area contributed by atoms with Crippen molar-refractivity contribution < 1.29 is 5.48 Å². The Labute approximate surface area is 157 Å². The van der Waals surface area contributed by atoms with Crippen LogP contribution >= 0.6 is 17.0 Å². The molecule has 0 aromatic rings. The summed E-state index contributed by atoms with van der Waals surface area (Å²) < 4.78 is 0. The average molecular weight is 400 g/mol. The summed E-state index contributed by atoms with van der Waals surface area (Å²) in [6.45, 7) is 3.16. The van der Waals surface area contributed by atoms with Crippen molar-refractivity contribution >= 4 is 17.0 Å². The second-order valence-corrected chi connectivity index (χ2v) is 6.73. The Kier molecular flexibility index (Phi) is 41.0. The van der Waals surface area contributed by atoms with E-state index in [1.807, 2.05) is 26.0 Å². The maximum Gasteiger partial charge on any atom is -0.00773 e. The molecule has 0 aliphatic heterocycles. The molecule has 0 atom stereocenters. The Balaban J connectivity index is -0.000000268. The summed E-state index contributed by atoms with van der Waals surface area (Å²) in [5, 5.41) is 0. The smallest absolute Gasteiger partial charge is 0.00773 e. The Morgan fingerprint density at radius 2 is 0.783 bits per heavy atom. The topological polar surface area (TPSA) is 60.8 Å². The lowest BCUT2D eigenvalue weighted by atomic mass is 10.0. The molecule has 0 aliphatic carbocycles. The molecule has 0 saturated carbocycles. The third kappa shape index (κ3) is 44.9. The molecular weight excluding hydrogens is 352 g/mol. The number of halogens is 1. The second-order valence-electron chi connectivity index (χ2n) is 6.73. The standard InChI is InChI=1S/C16H35N.C3H9N.BrH.H2O/c1-2-3-4-5-6-7-8-9-10-11-12-13-14-15-16-17;1-4(2)3;;/h2-17H2,1H3;1-3H3;1H;1H2. The number of unbranched alkanes of at least 4 members (excludes halogenated alkanes) is 13. The first kappa shape index (κ1) is 31.2. The number of nitrogens with zero attached hydrogens (tertiary/aromatic N) is 1. The Morgan fingerprint density at radius 1 is 0.565 bits per heavy atom. The van der Waals surface area contributed by atoms with Gasteiger partial charge in [0.15, 0.2) is 0 Å². The molecule has 0 aromatic heterocycles. The van der Waals surface area contributed by atoms with Gasteiger partial charge < -0.3 is 16.1 Å². The molecule has 4 heteroatoms. The van der Waals surface area contributed by atoms with Gasteiger partial charge in [-0.25, -0.2) is 0 Å². The number of rotatable bonds is 14. The molecule has 0 amide bonds. The lowest BCUT2D eigenvalue weighted by Crippen LogP contribution is -1.99. The molecule has 0 unspecified atom stereocenters. The molecule has 3 nitrogen and oxygen atoms in total. The summed E-state index contributed by atoms with van der Waals surface area (Å²) in [5.74, 6) is 0. The maximum atomic E-state index is 5.47. The fourth-order valence-corrected chi connectivity index (χ4v) is 2.34. The van der Waals surface area contributed by atoms with Crippen molar-refractivity contribution in [1.82, 2.24) is 4.90 Å². The molecular formula is C19H47BrN2O. The first-order valence-corrected chi connectivity index (χ1v) is 9.46. The van der Waals surface area contributed by atoms with E-state index in [4.69, 9.17) is 5.73 Å². The molecule has 0 radical (unpaired) electrons. The van der Waals surface area contributed by atoms with Crippen molar-refractivity contribution in [1.29, 1.82) is 0 Å². The normalized spacial score (nSPS) is 9.65. The lowest BCUT2D eigenvalue weighted by Gasteiger charge is -2.02. The molecule has 146 valence electrons. The largest absolute Gasteiger partial charge is 0.412 e. The van der Waals surface area contributed by atoms with E-state index in [0.717, 1.165) is 6.54 Å². The quantitative estimate of drug-likeness (QED) is 0.400. The maximum absolute atomic E-state index is 5.47. The zero-order valence-corrected chi connectivity index (χ0v) is 18.3. The fraction of sp³-hybridized carbons (Fsp3) is 1.00. The van der Waals surface area contributed by atoms with Crippen molar-refractivity contribution in [3.63, 3.8) is 0 Å². The summed E-state index contributed by atoms with van der Waals surface area (Å²) in [5.41, 5.74) is 5.47. The Bertz CT molecular complexity index is 153. The van der Waals surface area contributed by atoms with Gasteiger partial charge in [-0.3, -0.25) is 0 Å². The van der Waals surface area contributed by atoms with Crippen LogP contribution in [0.2, 0.25) is 0 Å². The molecule has 0 bridgehead atoms. The van der Waals surface area contributed by atoms with Crippen LogP contribution < -0.4 is 5.73 Å². The van der Waals surface area contributed by atoms with E-state index in [1.54, 1.807) is 0 Å². The van der Waals surface area contributed by atoms with Gasteiger partial charge >= 0.3 is 0 Å². The average Bonchev–Trinajstić information content (AvgIpc) is 2.43. The van der Waals surface area contributed by atoms with E-state index in [9.17, 15) is 0 Å². The van der Waals surface area contributed by atoms with Gasteiger partial charge in [0.25, 0.3) is 0 Å². The predicted molar refractivity (Wildman–Crippen MR) is 113 cm³/mol. The summed E-state index contributed by atoms with van der Waals surface area (Å²) in [7, 11) is 6.00.